The van der Waals surface area contributed by atoms with Crippen LogP contribution >= 0.6 is 11.3 Å². The number of aromatic nitrogens is 1. The van der Waals surface area contributed by atoms with E-state index in [9.17, 15) is 0 Å². The molecule has 0 aliphatic carbocycles. The molecule has 86 valence electrons. The molecule has 4 heteroatoms. The molecule has 0 fully saturated rings. The van der Waals surface area contributed by atoms with Gasteiger partial charge in [-0.15, -0.1) is 11.3 Å². The minimum absolute atomic E-state index is 0.717. The quantitative estimate of drug-likeness (QED) is 0.900. The van der Waals surface area contributed by atoms with Crippen LogP contribution in [0.25, 0.3) is 0 Å². The van der Waals surface area contributed by atoms with Crippen molar-refractivity contribution in [3.05, 3.63) is 45.4 Å². The van der Waals surface area contributed by atoms with Gasteiger partial charge in [-0.3, -0.25) is 0 Å². The summed E-state index contributed by atoms with van der Waals surface area (Å²) in [4.78, 5) is 5.41. The van der Waals surface area contributed by atoms with Gasteiger partial charge in [0.2, 0.25) is 0 Å². The predicted octanol–water partition coefficient (Wildman–Crippen LogP) is 3.24. The third kappa shape index (κ3) is 2.45. The lowest BCUT2D eigenvalue weighted by molar-refractivity contribution is 1.12. The van der Waals surface area contributed by atoms with E-state index in [0.717, 1.165) is 22.5 Å². The first-order valence-corrected chi connectivity index (χ1v) is 6.23. The maximum absolute atomic E-state index is 9.11. The summed E-state index contributed by atoms with van der Waals surface area (Å²) < 4.78 is 0. The van der Waals surface area contributed by atoms with Crippen molar-refractivity contribution in [1.29, 1.82) is 5.26 Å². The Bertz CT molecular complexity index is 566. The van der Waals surface area contributed by atoms with Crippen molar-refractivity contribution in [2.45, 2.75) is 20.4 Å². The maximum atomic E-state index is 9.11. The lowest BCUT2D eigenvalue weighted by Gasteiger charge is -2.08. The van der Waals surface area contributed by atoms with Crippen LogP contribution in [0.5, 0.6) is 0 Å². The molecule has 0 saturated heterocycles. The van der Waals surface area contributed by atoms with Gasteiger partial charge >= 0.3 is 0 Å². The fourth-order valence-corrected chi connectivity index (χ4v) is 2.35. The van der Waals surface area contributed by atoms with E-state index in [1.54, 1.807) is 11.3 Å². The Hall–Kier alpha value is -1.86. The molecular formula is C13H13N3S. The van der Waals surface area contributed by atoms with Crippen LogP contribution in [0.4, 0.5) is 5.69 Å². The Morgan fingerprint density at radius 2 is 2.24 bits per heavy atom. The number of nitrogens with one attached hydrogen (secondary N) is 1. The molecule has 0 spiro atoms. The standard InChI is InChI=1S/C13H13N3S/c1-9-4-3-5-12(11(9)6-14)15-7-13-10(2)16-8-17-13/h3-5,8,15H,7H2,1-2H3. The fraction of sp³-hybridized carbons (Fsp3) is 0.231. The molecule has 0 amide bonds. The lowest BCUT2D eigenvalue weighted by atomic mass is 10.1. The number of nitriles is 1. The van der Waals surface area contributed by atoms with Crippen LogP contribution in [-0.4, -0.2) is 4.98 Å². The van der Waals surface area contributed by atoms with Gasteiger partial charge in [0.05, 0.1) is 29.0 Å². The average molecular weight is 243 g/mol. The topological polar surface area (TPSA) is 48.7 Å². The van der Waals surface area contributed by atoms with Crippen molar-refractivity contribution in [2.24, 2.45) is 0 Å². The van der Waals surface area contributed by atoms with Gasteiger partial charge in [-0.05, 0) is 25.5 Å². The summed E-state index contributed by atoms with van der Waals surface area (Å²) in [6.45, 7) is 4.66. The SMILES string of the molecule is Cc1cccc(NCc2scnc2C)c1C#N. The molecule has 0 saturated carbocycles. The first-order valence-electron chi connectivity index (χ1n) is 5.35. The fourth-order valence-electron chi connectivity index (χ4n) is 1.63. The Balaban J connectivity index is 2.18. The second kappa shape index (κ2) is 4.98. The van der Waals surface area contributed by atoms with Gasteiger partial charge < -0.3 is 5.32 Å². The molecular weight excluding hydrogens is 230 g/mol. The molecule has 17 heavy (non-hydrogen) atoms. The van der Waals surface area contributed by atoms with Crippen molar-refractivity contribution in [1.82, 2.24) is 4.98 Å². The molecule has 0 aliphatic rings. The molecule has 0 aliphatic heterocycles. The van der Waals surface area contributed by atoms with Gasteiger partial charge in [-0.2, -0.15) is 5.26 Å². The highest BCUT2D eigenvalue weighted by Gasteiger charge is 2.06. The number of benzene rings is 1. The van der Waals surface area contributed by atoms with Crippen LogP contribution in [0.2, 0.25) is 0 Å². The van der Waals surface area contributed by atoms with Crippen molar-refractivity contribution in [3.8, 4) is 6.07 Å². The summed E-state index contributed by atoms with van der Waals surface area (Å²) in [5, 5.41) is 12.4. The van der Waals surface area contributed by atoms with Crippen LogP contribution < -0.4 is 5.32 Å². The number of thiazole rings is 1. The maximum Gasteiger partial charge on any atom is 0.102 e. The van der Waals surface area contributed by atoms with Crippen LogP contribution in [0, 0.1) is 25.2 Å². The number of nitrogens with zero attached hydrogens (tertiary/aromatic N) is 2. The molecule has 1 aromatic heterocycles. The van der Waals surface area contributed by atoms with Crippen molar-refractivity contribution >= 4 is 17.0 Å². The van der Waals surface area contributed by atoms with Crippen LogP contribution in [0.3, 0.4) is 0 Å². The molecule has 1 aromatic carbocycles. The summed E-state index contributed by atoms with van der Waals surface area (Å²) >= 11 is 1.63. The molecule has 2 rings (SSSR count). The number of aryl methyl sites for hydroxylation is 2. The van der Waals surface area contributed by atoms with E-state index in [1.807, 2.05) is 37.6 Å². The molecule has 0 radical (unpaired) electrons. The van der Waals surface area contributed by atoms with E-state index >= 15 is 0 Å². The Morgan fingerprint density at radius 3 is 2.88 bits per heavy atom. The van der Waals surface area contributed by atoms with Crippen LogP contribution in [0.15, 0.2) is 23.7 Å². The molecule has 0 unspecified atom stereocenters. The van der Waals surface area contributed by atoms with Gasteiger partial charge in [-0.1, -0.05) is 12.1 Å². The zero-order valence-corrected chi connectivity index (χ0v) is 10.6. The number of hydrogen-bond donors (Lipinski definition) is 1. The van der Waals surface area contributed by atoms with E-state index in [2.05, 4.69) is 16.4 Å². The Morgan fingerprint density at radius 1 is 1.41 bits per heavy atom. The predicted molar refractivity (Wildman–Crippen MR) is 70.1 cm³/mol. The normalized spacial score (nSPS) is 9.94. The van der Waals surface area contributed by atoms with Crippen molar-refractivity contribution < 1.29 is 0 Å². The lowest BCUT2D eigenvalue weighted by Crippen LogP contribution is -2.02. The molecule has 0 atom stereocenters. The third-order valence-electron chi connectivity index (χ3n) is 2.67. The number of hydrogen-bond acceptors (Lipinski definition) is 4. The zero-order chi connectivity index (χ0) is 12.3. The molecule has 1 heterocycles. The summed E-state index contributed by atoms with van der Waals surface area (Å²) in [6, 6.07) is 8.07. The monoisotopic (exact) mass is 243 g/mol. The minimum atomic E-state index is 0.717. The third-order valence-corrected chi connectivity index (χ3v) is 3.60. The van der Waals surface area contributed by atoms with E-state index in [0.29, 0.717) is 6.54 Å². The Kier molecular flexibility index (Phi) is 3.40. The summed E-state index contributed by atoms with van der Waals surface area (Å²) in [5.41, 5.74) is 5.50. The number of rotatable bonds is 3. The second-order valence-corrected chi connectivity index (χ2v) is 4.76. The smallest absolute Gasteiger partial charge is 0.102 e. The Labute approximate surface area is 105 Å². The molecule has 0 bridgehead atoms. The summed E-state index contributed by atoms with van der Waals surface area (Å²) in [6.07, 6.45) is 0. The second-order valence-electron chi connectivity index (χ2n) is 3.82. The van der Waals surface area contributed by atoms with Gasteiger partial charge in [0.1, 0.15) is 6.07 Å². The van der Waals surface area contributed by atoms with Gasteiger partial charge in [-0.25, -0.2) is 4.98 Å². The highest BCUT2D eigenvalue weighted by molar-refractivity contribution is 7.09. The van der Waals surface area contributed by atoms with E-state index in [-0.39, 0.29) is 0 Å². The average Bonchev–Trinajstić information content (AvgIpc) is 2.72. The molecule has 3 nitrogen and oxygen atoms in total. The van der Waals surface area contributed by atoms with Crippen LogP contribution in [-0.2, 0) is 6.54 Å². The van der Waals surface area contributed by atoms with E-state index in [4.69, 9.17) is 5.26 Å². The van der Waals surface area contributed by atoms with Gasteiger partial charge in [0.15, 0.2) is 0 Å². The van der Waals surface area contributed by atoms with Gasteiger partial charge in [0.25, 0.3) is 0 Å². The zero-order valence-electron chi connectivity index (χ0n) is 9.82. The van der Waals surface area contributed by atoms with Crippen molar-refractivity contribution in [3.63, 3.8) is 0 Å². The largest absolute Gasteiger partial charge is 0.379 e. The highest BCUT2D eigenvalue weighted by atomic mass is 32.1. The summed E-state index contributed by atoms with van der Waals surface area (Å²) in [7, 11) is 0. The highest BCUT2D eigenvalue weighted by Crippen LogP contribution is 2.20. The number of anilines is 1. The molecule has 2 aromatic rings. The van der Waals surface area contributed by atoms with E-state index < -0.39 is 0 Å². The minimum Gasteiger partial charge on any atom is -0.379 e. The first kappa shape index (κ1) is 11.6. The summed E-state index contributed by atoms with van der Waals surface area (Å²) in [5.74, 6) is 0. The van der Waals surface area contributed by atoms with E-state index in [1.165, 1.54) is 4.88 Å². The molecule has 1 N–H and O–H groups in total. The van der Waals surface area contributed by atoms with Gasteiger partial charge in [0, 0.05) is 4.88 Å². The first-order chi connectivity index (χ1) is 8.22. The van der Waals surface area contributed by atoms with Crippen LogP contribution in [0.1, 0.15) is 21.7 Å². The van der Waals surface area contributed by atoms with Crippen molar-refractivity contribution in [2.75, 3.05) is 5.32 Å².